The zero-order valence-corrected chi connectivity index (χ0v) is 16.0. The summed E-state index contributed by atoms with van der Waals surface area (Å²) in [5.74, 6) is 0.891. The molecule has 2 aromatic heterocycles. The van der Waals surface area contributed by atoms with Crippen LogP contribution in [0.15, 0.2) is 30.3 Å². The molecule has 5 nitrogen and oxygen atoms in total. The molecule has 26 heavy (non-hydrogen) atoms. The van der Waals surface area contributed by atoms with E-state index in [0.717, 1.165) is 43.9 Å². The Hall–Kier alpha value is -2.11. The first-order chi connectivity index (χ1) is 12.6. The molecule has 0 aliphatic carbocycles. The fraction of sp³-hybridized carbons (Fsp3) is 0.400. The molecular weight excluding hydrogens is 346 g/mol. The maximum atomic E-state index is 5.95. The zero-order chi connectivity index (χ0) is 18.1. The van der Waals surface area contributed by atoms with Gasteiger partial charge in [-0.15, -0.1) is 0 Å². The third kappa shape index (κ3) is 3.84. The van der Waals surface area contributed by atoms with Crippen molar-refractivity contribution in [1.82, 2.24) is 20.3 Å². The quantitative estimate of drug-likeness (QED) is 0.683. The molecule has 0 radical (unpaired) electrons. The lowest BCUT2D eigenvalue weighted by Crippen LogP contribution is -2.42. The summed E-state index contributed by atoms with van der Waals surface area (Å²) in [4.78, 5) is 14.5. The molecule has 1 saturated heterocycles. The molecule has 3 aromatic rings. The number of aromatic nitrogens is 3. The van der Waals surface area contributed by atoms with Crippen LogP contribution in [0.2, 0.25) is 5.15 Å². The molecule has 0 amide bonds. The van der Waals surface area contributed by atoms with Gasteiger partial charge in [-0.05, 0) is 44.4 Å². The highest BCUT2D eigenvalue weighted by Gasteiger charge is 2.21. The van der Waals surface area contributed by atoms with Gasteiger partial charge >= 0.3 is 0 Å². The lowest BCUT2D eigenvalue weighted by Gasteiger charge is -2.32. The van der Waals surface area contributed by atoms with E-state index in [9.17, 15) is 0 Å². The highest BCUT2D eigenvalue weighted by atomic mass is 35.5. The number of pyridine rings is 1. The van der Waals surface area contributed by atoms with Crippen LogP contribution in [0.1, 0.15) is 29.5 Å². The maximum Gasteiger partial charge on any atom is 0.205 e. The van der Waals surface area contributed by atoms with Gasteiger partial charge in [-0.25, -0.2) is 4.98 Å². The Morgan fingerprint density at radius 3 is 2.58 bits per heavy atom. The van der Waals surface area contributed by atoms with Crippen LogP contribution in [0.5, 0.6) is 0 Å². The molecule has 0 saturated carbocycles. The fourth-order valence-corrected chi connectivity index (χ4v) is 3.88. The number of aryl methyl sites for hydroxylation is 2. The van der Waals surface area contributed by atoms with Crippen molar-refractivity contribution in [3.63, 3.8) is 0 Å². The lowest BCUT2D eigenvalue weighted by atomic mass is 10.0. The van der Waals surface area contributed by atoms with Crippen molar-refractivity contribution in [1.29, 1.82) is 0 Å². The standard InChI is InChI=1S/C20H24ClN5/c1-13-9-14(2)11-15(10-13)12-22-16-5-7-26(8-6-16)20-23-17-3-4-18(21)24-19(17)25-20/h3-4,9-11,16,22H,5-8,12H2,1-2H3,(H,23,24,25). The second-order valence-corrected chi connectivity index (χ2v) is 7.59. The molecule has 2 N–H and O–H groups in total. The topological polar surface area (TPSA) is 56.8 Å². The molecular formula is C20H24ClN5. The number of rotatable bonds is 4. The molecule has 6 heteroatoms. The molecule has 1 aliphatic rings. The van der Waals surface area contributed by atoms with E-state index < -0.39 is 0 Å². The molecule has 1 aromatic carbocycles. The second-order valence-electron chi connectivity index (χ2n) is 7.20. The number of fused-ring (bicyclic) bond motifs is 1. The number of halogens is 1. The fourth-order valence-electron chi connectivity index (χ4n) is 3.74. The Morgan fingerprint density at radius 1 is 1.12 bits per heavy atom. The summed E-state index contributed by atoms with van der Waals surface area (Å²) < 4.78 is 0. The lowest BCUT2D eigenvalue weighted by molar-refractivity contribution is 0.411. The van der Waals surface area contributed by atoms with Gasteiger partial charge in [0.15, 0.2) is 5.65 Å². The Bertz CT molecular complexity index is 891. The normalized spacial score (nSPS) is 15.7. The average molecular weight is 370 g/mol. The monoisotopic (exact) mass is 369 g/mol. The van der Waals surface area contributed by atoms with Gasteiger partial charge in [0.2, 0.25) is 5.95 Å². The predicted octanol–water partition coefficient (Wildman–Crippen LogP) is 3.99. The summed E-state index contributed by atoms with van der Waals surface area (Å²) in [7, 11) is 0. The third-order valence-corrected chi connectivity index (χ3v) is 5.18. The largest absolute Gasteiger partial charge is 0.342 e. The predicted molar refractivity (Wildman–Crippen MR) is 107 cm³/mol. The van der Waals surface area contributed by atoms with E-state index in [0.29, 0.717) is 16.8 Å². The van der Waals surface area contributed by atoms with Crippen LogP contribution in [-0.2, 0) is 6.54 Å². The first-order valence-corrected chi connectivity index (χ1v) is 9.52. The summed E-state index contributed by atoms with van der Waals surface area (Å²) in [5, 5.41) is 4.19. The molecule has 1 fully saturated rings. The van der Waals surface area contributed by atoms with Gasteiger partial charge in [0, 0.05) is 25.7 Å². The minimum absolute atomic E-state index is 0.477. The Kier molecular flexibility index (Phi) is 4.83. The van der Waals surface area contributed by atoms with Gasteiger partial charge in [-0.1, -0.05) is 40.9 Å². The summed E-state index contributed by atoms with van der Waals surface area (Å²) in [5.41, 5.74) is 5.64. The number of hydrogen-bond donors (Lipinski definition) is 2. The number of hydrogen-bond acceptors (Lipinski definition) is 4. The third-order valence-electron chi connectivity index (χ3n) is 4.97. The first-order valence-electron chi connectivity index (χ1n) is 9.14. The van der Waals surface area contributed by atoms with Gasteiger partial charge in [-0.3, -0.25) is 0 Å². The number of nitrogens with zero attached hydrogens (tertiary/aromatic N) is 3. The molecule has 0 bridgehead atoms. The molecule has 136 valence electrons. The smallest absolute Gasteiger partial charge is 0.205 e. The van der Waals surface area contributed by atoms with Crippen molar-refractivity contribution in [2.75, 3.05) is 18.0 Å². The molecule has 0 unspecified atom stereocenters. The van der Waals surface area contributed by atoms with Gasteiger partial charge in [0.25, 0.3) is 0 Å². The Morgan fingerprint density at radius 2 is 1.85 bits per heavy atom. The average Bonchev–Trinajstić information content (AvgIpc) is 3.03. The van der Waals surface area contributed by atoms with E-state index in [-0.39, 0.29) is 0 Å². The van der Waals surface area contributed by atoms with Crippen molar-refractivity contribution < 1.29 is 0 Å². The summed E-state index contributed by atoms with van der Waals surface area (Å²) >= 11 is 5.95. The molecule has 0 atom stereocenters. The van der Waals surface area contributed by atoms with Gasteiger partial charge in [-0.2, -0.15) is 4.98 Å². The molecule has 3 heterocycles. The molecule has 4 rings (SSSR count). The second kappa shape index (κ2) is 7.25. The number of anilines is 1. The van der Waals surface area contributed by atoms with Crippen LogP contribution >= 0.6 is 11.6 Å². The van der Waals surface area contributed by atoms with Crippen molar-refractivity contribution in [3.8, 4) is 0 Å². The Labute approximate surface area is 158 Å². The van der Waals surface area contributed by atoms with Crippen LogP contribution in [0.25, 0.3) is 11.2 Å². The van der Waals surface area contributed by atoms with Gasteiger partial charge in [0.05, 0.1) is 5.52 Å². The van der Waals surface area contributed by atoms with Crippen LogP contribution in [-0.4, -0.2) is 34.1 Å². The van der Waals surface area contributed by atoms with E-state index >= 15 is 0 Å². The number of benzene rings is 1. The van der Waals surface area contributed by atoms with E-state index in [4.69, 9.17) is 11.6 Å². The summed E-state index contributed by atoms with van der Waals surface area (Å²) in [6, 6.07) is 11.0. The van der Waals surface area contributed by atoms with Crippen LogP contribution in [0.3, 0.4) is 0 Å². The number of piperidine rings is 1. The number of imidazole rings is 1. The van der Waals surface area contributed by atoms with Gasteiger partial charge in [0.1, 0.15) is 5.15 Å². The van der Waals surface area contributed by atoms with Crippen molar-refractivity contribution in [2.24, 2.45) is 0 Å². The van der Waals surface area contributed by atoms with E-state index in [2.05, 4.69) is 57.2 Å². The zero-order valence-electron chi connectivity index (χ0n) is 15.2. The number of aromatic amines is 1. The van der Waals surface area contributed by atoms with E-state index in [1.165, 1.54) is 16.7 Å². The highest BCUT2D eigenvalue weighted by Crippen LogP contribution is 2.21. The van der Waals surface area contributed by atoms with Crippen LogP contribution < -0.4 is 10.2 Å². The maximum absolute atomic E-state index is 5.95. The Balaban J connectivity index is 1.34. The minimum atomic E-state index is 0.477. The van der Waals surface area contributed by atoms with Crippen LogP contribution in [0, 0.1) is 13.8 Å². The van der Waals surface area contributed by atoms with Crippen molar-refractivity contribution in [3.05, 3.63) is 52.2 Å². The molecule has 1 aliphatic heterocycles. The molecule has 0 spiro atoms. The SMILES string of the molecule is Cc1cc(C)cc(CNC2CCN(c3nc4nc(Cl)ccc4[nH]3)CC2)c1. The van der Waals surface area contributed by atoms with Gasteiger partial charge < -0.3 is 15.2 Å². The van der Waals surface area contributed by atoms with Crippen molar-refractivity contribution in [2.45, 2.75) is 39.3 Å². The number of nitrogens with one attached hydrogen (secondary N) is 2. The van der Waals surface area contributed by atoms with Crippen LogP contribution in [0.4, 0.5) is 5.95 Å². The number of H-pyrrole nitrogens is 1. The summed E-state index contributed by atoms with van der Waals surface area (Å²) in [6.07, 6.45) is 2.21. The highest BCUT2D eigenvalue weighted by molar-refractivity contribution is 6.29. The minimum Gasteiger partial charge on any atom is -0.342 e. The van der Waals surface area contributed by atoms with E-state index in [1.54, 1.807) is 6.07 Å². The first kappa shape index (κ1) is 17.3. The summed E-state index contributed by atoms with van der Waals surface area (Å²) in [6.45, 7) is 7.21. The van der Waals surface area contributed by atoms with E-state index in [1.807, 2.05) is 6.07 Å². The van der Waals surface area contributed by atoms with Crippen molar-refractivity contribution >= 4 is 28.7 Å².